The lowest BCUT2D eigenvalue weighted by Gasteiger charge is -2.07. The number of benzene rings is 1. The van der Waals surface area contributed by atoms with Crippen molar-refractivity contribution < 1.29 is 23.2 Å². The van der Waals surface area contributed by atoms with E-state index in [-0.39, 0.29) is 23.4 Å². The number of sulfonamides is 1. The molecule has 0 radical (unpaired) electrons. The van der Waals surface area contributed by atoms with E-state index >= 15 is 0 Å². The number of hydrogen-bond donors (Lipinski definition) is 3. The molecule has 10 heteroatoms. The molecule has 0 amide bonds. The van der Waals surface area contributed by atoms with Crippen molar-refractivity contribution in [2.45, 2.75) is 23.8 Å². The number of hydrogen-bond acceptors (Lipinski definition) is 6. The summed E-state index contributed by atoms with van der Waals surface area (Å²) in [6.07, 6.45) is -0.0393. The molecule has 1 aliphatic heterocycles. The molecule has 0 aromatic heterocycles. The first kappa shape index (κ1) is 14.2. The molecule has 1 heterocycles. The summed E-state index contributed by atoms with van der Waals surface area (Å²) in [7, 11) is -4.07. The number of nitrogens with zero attached hydrogens (tertiary/aromatic N) is 1. The molecular weight excluding hydrogens is 290 g/mol. The van der Waals surface area contributed by atoms with E-state index in [0.717, 1.165) is 6.07 Å². The second kappa shape index (κ2) is 4.72. The lowest BCUT2D eigenvalue weighted by molar-refractivity contribution is -0.384. The average molecular weight is 301 g/mol. The summed E-state index contributed by atoms with van der Waals surface area (Å²) >= 11 is 0. The van der Waals surface area contributed by atoms with Gasteiger partial charge in [0, 0.05) is 12.1 Å². The quantitative estimate of drug-likeness (QED) is 0.524. The van der Waals surface area contributed by atoms with Gasteiger partial charge in [0.2, 0.25) is 10.0 Å². The van der Waals surface area contributed by atoms with Crippen LogP contribution in [0.25, 0.3) is 0 Å². The van der Waals surface area contributed by atoms with Gasteiger partial charge in [-0.25, -0.2) is 13.6 Å². The minimum Gasteiger partial charge on any atom is -0.481 e. The Labute approximate surface area is 113 Å². The third-order valence-electron chi connectivity index (χ3n) is 2.93. The molecular formula is C10H11N3O6S. The molecule has 4 N–H and O–H groups in total. The normalized spacial score (nSPS) is 17.4. The van der Waals surface area contributed by atoms with Crippen LogP contribution in [0.5, 0.6) is 0 Å². The molecule has 1 aromatic carbocycles. The van der Waals surface area contributed by atoms with E-state index in [9.17, 15) is 23.3 Å². The molecule has 9 nitrogen and oxygen atoms in total. The zero-order valence-corrected chi connectivity index (χ0v) is 10.9. The number of carbonyl (C=O) groups is 1. The summed E-state index contributed by atoms with van der Waals surface area (Å²) in [6.45, 7) is 0. The molecule has 108 valence electrons. The van der Waals surface area contributed by atoms with Gasteiger partial charge >= 0.3 is 5.97 Å². The van der Waals surface area contributed by atoms with Crippen LogP contribution in [0.1, 0.15) is 12.0 Å². The number of nitro groups is 1. The van der Waals surface area contributed by atoms with Crippen LogP contribution in [0.3, 0.4) is 0 Å². The van der Waals surface area contributed by atoms with Crippen LogP contribution in [-0.2, 0) is 21.2 Å². The van der Waals surface area contributed by atoms with Crippen molar-refractivity contribution in [1.29, 1.82) is 0 Å². The van der Waals surface area contributed by atoms with E-state index < -0.39 is 32.6 Å². The van der Waals surface area contributed by atoms with Gasteiger partial charge in [-0.2, -0.15) is 0 Å². The fraction of sp³-hybridized carbons (Fsp3) is 0.300. The fourth-order valence-electron chi connectivity index (χ4n) is 2.15. The molecule has 1 unspecified atom stereocenters. The maximum absolute atomic E-state index is 11.3. The lowest BCUT2D eigenvalue weighted by atomic mass is 10.1. The van der Waals surface area contributed by atoms with Crippen molar-refractivity contribution in [3.63, 3.8) is 0 Å². The molecule has 2 rings (SSSR count). The Balaban J connectivity index is 2.49. The average Bonchev–Trinajstić information content (AvgIpc) is 2.66. The number of carboxylic acids is 1. The fourth-order valence-corrected chi connectivity index (χ4v) is 2.73. The first-order valence-corrected chi connectivity index (χ1v) is 7.05. The van der Waals surface area contributed by atoms with Crippen LogP contribution in [0, 0.1) is 10.1 Å². The first-order valence-electron chi connectivity index (χ1n) is 5.51. The topological polar surface area (TPSA) is 153 Å². The maximum atomic E-state index is 11.3. The summed E-state index contributed by atoms with van der Waals surface area (Å²) in [5.74, 6) is -1.05. The van der Waals surface area contributed by atoms with Gasteiger partial charge in [0.1, 0.15) is 5.69 Å². The number of nitro benzene ring substituents is 1. The van der Waals surface area contributed by atoms with Crippen molar-refractivity contribution in [2.24, 2.45) is 5.14 Å². The number of rotatable bonds is 4. The Morgan fingerprint density at radius 2 is 2.20 bits per heavy atom. The molecule has 0 fully saturated rings. The third-order valence-corrected chi connectivity index (χ3v) is 3.83. The van der Waals surface area contributed by atoms with Crippen molar-refractivity contribution in [1.82, 2.24) is 0 Å². The Bertz CT molecular complexity index is 699. The number of fused-ring (bicyclic) bond motifs is 1. The molecule has 0 aliphatic carbocycles. The monoisotopic (exact) mass is 301 g/mol. The predicted octanol–water partition coefficient (Wildman–Crippen LogP) is 0.0535. The molecule has 0 saturated heterocycles. The Morgan fingerprint density at radius 1 is 1.55 bits per heavy atom. The molecule has 0 saturated carbocycles. The number of aliphatic carboxylic acids is 1. The van der Waals surface area contributed by atoms with Gasteiger partial charge in [-0.05, 0) is 18.1 Å². The van der Waals surface area contributed by atoms with Crippen molar-refractivity contribution in [2.75, 3.05) is 5.32 Å². The minimum atomic E-state index is -4.07. The maximum Gasteiger partial charge on any atom is 0.305 e. The minimum absolute atomic E-state index is 0.147. The molecule has 0 spiro atoms. The number of nitrogens with one attached hydrogen (secondary N) is 1. The molecule has 1 aliphatic rings. The molecule has 1 aromatic rings. The smallest absolute Gasteiger partial charge is 0.305 e. The zero-order valence-electron chi connectivity index (χ0n) is 10.1. The van der Waals surface area contributed by atoms with E-state index in [0.29, 0.717) is 5.56 Å². The van der Waals surface area contributed by atoms with Crippen LogP contribution in [0.15, 0.2) is 17.0 Å². The van der Waals surface area contributed by atoms with Crippen LogP contribution in [0.4, 0.5) is 11.4 Å². The van der Waals surface area contributed by atoms with Gasteiger partial charge in [0.25, 0.3) is 5.69 Å². The standard InChI is InChI=1S/C10H11N3O6S/c11-20(18,19)7-2-5-1-6(3-9(14)15)12-10(5)8(4-7)13(16)17/h2,4,6,12H,1,3H2,(H,14,15)(H2,11,18,19). The summed E-state index contributed by atoms with van der Waals surface area (Å²) < 4.78 is 22.6. The zero-order chi connectivity index (χ0) is 15.1. The van der Waals surface area contributed by atoms with Gasteiger partial charge in [0.05, 0.1) is 16.2 Å². The Kier molecular flexibility index (Phi) is 3.36. The number of nitrogens with two attached hydrogens (primary N) is 1. The highest BCUT2D eigenvalue weighted by atomic mass is 32.2. The number of carboxylic acid groups (broad SMARTS) is 1. The highest BCUT2D eigenvalue weighted by Crippen LogP contribution is 2.37. The summed E-state index contributed by atoms with van der Waals surface area (Å²) in [5, 5.41) is 27.4. The van der Waals surface area contributed by atoms with E-state index in [4.69, 9.17) is 10.2 Å². The highest BCUT2D eigenvalue weighted by molar-refractivity contribution is 7.89. The van der Waals surface area contributed by atoms with E-state index in [2.05, 4.69) is 5.32 Å². The summed E-state index contributed by atoms with van der Waals surface area (Å²) in [4.78, 5) is 20.6. The van der Waals surface area contributed by atoms with E-state index in [1.54, 1.807) is 0 Å². The second-order valence-corrected chi connectivity index (χ2v) is 5.98. The molecule has 1 atom stereocenters. The van der Waals surface area contributed by atoms with Gasteiger partial charge in [-0.1, -0.05) is 0 Å². The van der Waals surface area contributed by atoms with Crippen LogP contribution in [-0.4, -0.2) is 30.5 Å². The van der Waals surface area contributed by atoms with Crippen molar-refractivity contribution >= 4 is 27.4 Å². The summed E-state index contributed by atoms with van der Waals surface area (Å²) in [6, 6.07) is 1.58. The molecule has 20 heavy (non-hydrogen) atoms. The SMILES string of the molecule is NS(=O)(=O)c1cc2c(c([N+](=O)[O-])c1)NC(CC(=O)O)C2. The second-order valence-electron chi connectivity index (χ2n) is 4.42. The van der Waals surface area contributed by atoms with Gasteiger partial charge in [0.15, 0.2) is 0 Å². The van der Waals surface area contributed by atoms with Gasteiger partial charge in [-0.3, -0.25) is 14.9 Å². The van der Waals surface area contributed by atoms with Crippen LogP contribution < -0.4 is 10.5 Å². The van der Waals surface area contributed by atoms with E-state index in [1.165, 1.54) is 6.07 Å². The number of anilines is 1. The summed E-state index contributed by atoms with van der Waals surface area (Å²) in [5.41, 5.74) is 0.0857. The van der Waals surface area contributed by atoms with Gasteiger partial charge in [-0.15, -0.1) is 0 Å². The Morgan fingerprint density at radius 3 is 2.70 bits per heavy atom. The van der Waals surface area contributed by atoms with Gasteiger partial charge < -0.3 is 10.4 Å². The van der Waals surface area contributed by atoms with Crippen LogP contribution >= 0.6 is 0 Å². The first-order chi connectivity index (χ1) is 9.18. The predicted molar refractivity (Wildman–Crippen MR) is 67.8 cm³/mol. The van der Waals surface area contributed by atoms with Crippen molar-refractivity contribution in [3.05, 3.63) is 27.8 Å². The van der Waals surface area contributed by atoms with E-state index in [1.807, 2.05) is 0 Å². The van der Waals surface area contributed by atoms with Crippen molar-refractivity contribution in [3.8, 4) is 0 Å². The number of primary sulfonamides is 1. The van der Waals surface area contributed by atoms with Crippen LogP contribution in [0.2, 0.25) is 0 Å². The third kappa shape index (κ3) is 2.70. The Hall–Kier alpha value is -2.20. The largest absolute Gasteiger partial charge is 0.481 e. The lowest BCUT2D eigenvalue weighted by Crippen LogP contribution is -2.19. The highest BCUT2D eigenvalue weighted by Gasteiger charge is 2.31. The molecule has 0 bridgehead atoms.